The van der Waals surface area contributed by atoms with Crippen LogP contribution in [-0.2, 0) is 23.8 Å². The molecule has 144 valence electrons. The Balaban J connectivity index is 4.46. The summed E-state index contributed by atoms with van der Waals surface area (Å²) in [5.74, 6) is -1.30. The van der Waals surface area contributed by atoms with Crippen molar-refractivity contribution in [1.29, 1.82) is 0 Å². The van der Waals surface area contributed by atoms with E-state index in [0.717, 1.165) is 0 Å². The van der Waals surface area contributed by atoms with E-state index in [1.165, 1.54) is 7.05 Å². The van der Waals surface area contributed by atoms with Crippen molar-refractivity contribution in [1.82, 2.24) is 10.6 Å². The van der Waals surface area contributed by atoms with Crippen LogP contribution in [0.15, 0.2) is 11.4 Å². The summed E-state index contributed by atoms with van der Waals surface area (Å²) in [6.07, 6.45) is -0.241. The molecular weight excluding hydrogens is 330 g/mol. The van der Waals surface area contributed by atoms with Gasteiger partial charge in [-0.15, -0.1) is 0 Å². The Morgan fingerprint density at radius 3 is 2.24 bits per heavy atom. The molecule has 0 aliphatic heterocycles. The number of hydrogen-bond donors (Lipinski definition) is 3. The van der Waals surface area contributed by atoms with Gasteiger partial charge in [0.05, 0.1) is 25.1 Å². The summed E-state index contributed by atoms with van der Waals surface area (Å²) in [4.78, 5) is 35.2. The molecule has 0 fully saturated rings. The molecule has 0 atom stereocenters. The minimum absolute atomic E-state index is 0.0264. The van der Waals surface area contributed by atoms with Gasteiger partial charge in [0.1, 0.15) is 18.0 Å². The second kappa shape index (κ2) is 11.2. The summed E-state index contributed by atoms with van der Waals surface area (Å²) in [6.45, 7) is 7.31. The largest absolute Gasteiger partial charge is 0.465 e. The van der Waals surface area contributed by atoms with Gasteiger partial charge in [-0.3, -0.25) is 4.79 Å². The molecule has 25 heavy (non-hydrogen) atoms. The second-order valence-electron chi connectivity index (χ2n) is 6.10. The Labute approximate surface area is 148 Å². The van der Waals surface area contributed by atoms with Gasteiger partial charge >= 0.3 is 18.0 Å². The predicted molar refractivity (Wildman–Crippen MR) is 91.3 cm³/mol. The van der Waals surface area contributed by atoms with Crippen LogP contribution in [0.25, 0.3) is 0 Å². The molecule has 0 aromatic rings. The summed E-state index contributed by atoms with van der Waals surface area (Å²) in [5.41, 5.74) is 5.05. The molecule has 0 radical (unpaired) electrons. The Kier molecular flexibility index (Phi) is 10.1. The van der Waals surface area contributed by atoms with Gasteiger partial charge in [-0.2, -0.15) is 0 Å². The molecule has 0 rings (SSSR count). The number of rotatable bonds is 9. The molecular formula is C16H29N3O6. The summed E-state index contributed by atoms with van der Waals surface area (Å²) in [7, 11) is 1.52. The van der Waals surface area contributed by atoms with Crippen molar-refractivity contribution in [2.45, 2.75) is 46.1 Å². The number of nitrogens with one attached hydrogen (secondary N) is 2. The van der Waals surface area contributed by atoms with E-state index in [9.17, 15) is 14.4 Å². The van der Waals surface area contributed by atoms with Gasteiger partial charge in [-0.05, 0) is 27.2 Å². The molecule has 0 saturated heterocycles. The maximum Gasteiger partial charge on any atom is 0.407 e. The number of esters is 2. The fraction of sp³-hybridized carbons (Fsp3) is 0.688. The molecule has 0 aliphatic carbocycles. The van der Waals surface area contributed by atoms with Crippen LogP contribution in [0.5, 0.6) is 0 Å². The van der Waals surface area contributed by atoms with Crippen molar-refractivity contribution < 1.29 is 28.6 Å². The molecule has 0 unspecified atom stereocenters. The third kappa shape index (κ3) is 10.9. The molecule has 0 heterocycles. The van der Waals surface area contributed by atoms with Crippen molar-refractivity contribution in [3.63, 3.8) is 0 Å². The average molecular weight is 359 g/mol. The molecule has 0 aromatic heterocycles. The highest BCUT2D eigenvalue weighted by atomic mass is 16.6. The van der Waals surface area contributed by atoms with E-state index in [-0.39, 0.29) is 37.6 Å². The van der Waals surface area contributed by atoms with Crippen molar-refractivity contribution in [2.24, 2.45) is 5.73 Å². The molecule has 9 heteroatoms. The van der Waals surface area contributed by atoms with E-state index in [1.54, 1.807) is 20.8 Å². The van der Waals surface area contributed by atoms with Crippen LogP contribution in [0.4, 0.5) is 4.79 Å². The van der Waals surface area contributed by atoms with Gasteiger partial charge in [-0.25, -0.2) is 9.59 Å². The second-order valence-corrected chi connectivity index (χ2v) is 6.10. The fourth-order valence-corrected chi connectivity index (χ4v) is 1.54. The molecule has 1 amide bonds. The fourth-order valence-electron chi connectivity index (χ4n) is 1.54. The molecule has 0 aromatic carbocycles. The van der Waals surface area contributed by atoms with E-state index in [0.29, 0.717) is 6.42 Å². The summed E-state index contributed by atoms with van der Waals surface area (Å²) < 4.78 is 15.0. The van der Waals surface area contributed by atoms with Crippen molar-refractivity contribution >= 4 is 18.0 Å². The number of nitrogens with two attached hydrogens (primary N) is 1. The van der Waals surface area contributed by atoms with Crippen LogP contribution in [-0.4, -0.2) is 50.4 Å². The highest BCUT2D eigenvalue weighted by Crippen LogP contribution is 2.09. The zero-order chi connectivity index (χ0) is 19.5. The first kappa shape index (κ1) is 22.6. The van der Waals surface area contributed by atoms with Crippen LogP contribution < -0.4 is 16.4 Å². The monoisotopic (exact) mass is 359 g/mol. The predicted octanol–water partition coefficient (Wildman–Crippen LogP) is 0.787. The third-order valence-electron chi connectivity index (χ3n) is 2.63. The highest BCUT2D eigenvalue weighted by molar-refractivity contribution is 5.94. The van der Waals surface area contributed by atoms with Crippen LogP contribution in [0.2, 0.25) is 0 Å². The SMILES string of the molecule is CCCOC(=O)C/C(C(=O)OCCNC(=O)OC(C)(C)C)=C(/N)NC. The lowest BCUT2D eigenvalue weighted by molar-refractivity contribution is -0.146. The van der Waals surface area contributed by atoms with Gasteiger partial charge in [0.15, 0.2) is 0 Å². The van der Waals surface area contributed by atoms with Crippen LogP contribution in [0, 0.1) is 0 Å². The molecule has 0 aliphatic rings. The van der Waals surface area contributed by atoms with Crippen LogP contribution in [0.3, 0.4) is 0 Å². The van der Waals surface area contributed by atoms with Crippen LogP contribution >= 0.6 is 0 Å². The summed E-state index contributed by atoms with van der Waals surface area (Å²) in [6, 6.07) is 0. The lowest BCUT2D eigenvalue weighted by Gasteiger charge is -2.19. The van der Waals surface area contributed by atoms with Gasteiger partial charge in [-0.1, -0.05) is 6.92 Å². The van der Waals surface area contributed by atoms with Crippen molar-refractivity contribution in [3.05, 3.63) is 11.4 Å². The standard InChI is InChI=1S/C16H29N3O6/c1-6-8-23-12(20)10-11(13(17)18-5)14(21)24-9-7-19-15(22)25-16(2,3)4/h18H,6-10,17H2,1-5H3,(H,19,22)/b13-11+. The normalized spacial score (nSPS) is 11.9. The van der Waals surface area contributed by atoms with Crippen molar-refractivity contribution in [3.8, 4) is 0 Å². The molecule has 0 spiro atoms. The topological polar surface area (TPSA) is 129 Å². The zero-order valence-corrected chi connectivity index (χ0v) is 15.6. The lowest BCUT2D eigenvalue weighted by Crippen LogP contribution is -2.34. The summed E-state index contributed by atoms with van der Waals surface area (Å²) >= 11 is 0. The van der Waals surface area contributed by atoms with E-state index in [1.807, 2.05) is 6.92 Å². The Hall–Kier alpha value is -2.45. The van der Waals surface area contributed by atoms with Crippen LogP contribution in [0.1, 0.15) is 40.5 Å². The van der Waals surface area contributed by atoms with Gasteiger partial charge in [0, 0.05) is 7.05 Å². The summed E-state index contributed by atoms with van der Waals surface area (Å²) in [5, 5.41) is 5.05. The highest BCUT2D eigenvalue weighted by Gasteiger charge is 2.20. The first-order valence-corrected chi connectivity index (χ1v) is 8.06. The lowest BCUT2D eigenvalue weighted by atomic mass is 10.2. The molecule has 0 saturated carbocycles. The first-order valence-electron chi connectivity index (χ1n) is 8.06. The first-order chi connectivity index (χ1) is 11.6. The minimum Gasteiger partial charge on any atom is -0.465 e. The number of carbonyl (C=O) groups excluding carboxylic acids is 3. The third-order valence-corrected chi connectivity index (χ3v) is 2.63. The number of ether oxygens (including phenoxy) is 3. The minimum atomic E-state index is -0.758. The molecule has 4 N–H and O–H groups in total. The molecule has 9 nitrogen and oxygen atoms in total. The van der Waals surface area contributed by atoms with Gasteiger partial charge in [0.2, 0.25) is 0 Å². The van der Waals surface area contributed by atoms with Gasteiger partial charge < -0.3 is 30.6 Å². The molecule has 0 bridgehead atoms. The number of hydrogen-bond acceptors (Lipinski definition) is 8. The quantitative estimate of drug-likeness (QED) is 0.238. The maximum atomic E-state index is 12.1. The number of amides is 1. The average Bonchev–Trinajstić information content (AvgIpc) is 2.52. The van der Waals surface area contributed by atoms with Gasteiger partial charge in [0.25, 0.3) is 0 Å². The zero-order valence-electron chi connectivity index (χ0n) is 15.6. The number of carbonyl (C=O) groups is 3. The Bertz CT molecular complexity index is 497. The van der Waals surface area contributed by atoms with E-state index in [4.69, 9.17) is 19.9 Å². The maximum absolute atomic E-state index is 12.1. The Morgan fingerprint density at radius 1 is 1.08 bits per heavy atom. The Morgan fingerprint density at radius 2 is 1.72 bits per heavy atom. The van der Waals surface area contributed by atoms with E-state index >= 15 is 0 Å². The number of alkyl carbamates (subject to hydrolysis) is 1. The van der Waals surface area contributed by atoms with Crippen molar-refractivity contribution in [2.75, 3.05) is 26.8 Å². The van der Waals surface area contributed by atoms with E-state index in [2.05, 4.69) is 10.6 Å². The van der Waals surface area contributed by atoms with E-state index < -0.39 is 23.6 Å². The smallest absolute Gasteiger partial charge is 0.407 e.